The normalized spacial score (nSPS) is 11.9. The Hall–Kier alpha value is -2.37. The van der Waals surface area contributed by atoms with E-state index in [0.717, 1.165) is 0 Å². The Morgan fingerprint density at radius 2 is 2.33 bits per heavy atom. The van der Waals surface area contributed by atoms with Crippen LogP contribution in [0.1, 0.15) is 11.6 Å². The number of ether oxygens (including phenoxy) is 1. The number of rotatable bonds is 4. The highest BCUT2D eigenvalue weighted by Gasteiger charge is 2.14. The zero-order chi connectivity index (χ0) is 13.0. The lowest BCUT2D eigenvalue weighted by Crippen LogP contribution is -2.03. The summed E-state index contributed by atoms with van der Waals surface area (Å²) in [6.45, 7) is -0.290. The summed E-state index contributed by atoms with van der Waals surface area (Å²) in [5, 5.41) is 12.8. The lowest BCUT2D eigenvalue weighted by molar-refractivity contribution is 0.268. The minimum absolute atomic E-state index is 0.290. The Morgan fingerprint density at radius 3 is 3.00 bits per heavy atom. The number of azide groups is 1. The molecule has 1 N–H and O–H groups in total. The molecule has 0 radical (unpaired) electrons. The van der Waals surface area contributed by atoms with Crippen LogP contribution in [0.15, 0.2) is 29.5 Å². The smallest absolute Gasteiger partial charge is 0.213 e. The van der Waals surface area contributed by atoms with E-state index in [-0.39, 0.29) is 6.61 Å². The quantitative estimate of drug-likeness (QED) is 0.505. The van der Waals surface area contributed by atoms with Gasteiger partial charge in [-0.15, -0.1) is 0 Å². The zero-order valence-corrected chi connectivity index (χ0v) is 9.69. The van der Waals surface area contributed by atoms with Gasteiger partial charge in [-0.2, -0.15) is 0 Å². The molecule has 7 nitrogen and oxygen atoms in total. The largest absolute Gasteiger partial charge is 0.481 e. The molecule has 7 heteroatoms. The minimum atomic E-state index is -0.680. The molecule has 0 amide bonds. The minimum Gasteiger partial charge on any atom is -0.481 e. The van der Waals surface area contributed by atoms with E-state index in [4.69, 9.17) is 10.3 Å². The maximum Gasteiger partial charge on any atom is 0.213 e. The molecule has 0 aliphatic carbocycles. The Morgan fingerprint density at radius 1 is 1.50 bits per heavy atom. The molecular weight excluding hydrogens is 234 g/mol. The molecule has 0 aromatic carbocycles. The molecule has 0 saturated carbocycles. The van der Waals surface area contributed by atoms with Gasteiger partial charge in [-0.1, -0.05) is 5.11 Å². The Bertz CT molecular complexity index is 609. The summed E-state index contributed by atoms with van der Waals surface area (Å²) in [6.07, 6.45) is 1.58. The molecular formula is C11H11N5O2. The van der Waals surface area contributed by atoms with Crippen LogP contribution in [0.4, 0.5) is 0 Å². The highest BCUT2D eigenvalue weighted by molar-refractivity contribution is 5.78. The second-order valence-electron chi connectivity index (χ2n) is 3.52. The maximum atomic E-state index is 9.25. The number of pyridine rings is 2. The van der Waals surface area contributed by atoms with Crippen molar-refractivity contribution in [3.63, 3.8) is 0 Å². The highest BCUT2D eigenvalue weighted by Crippen LogP contribution is 2.25. The molecule has 18 heavy (non-hydrogen) atoms. The fourth-order valence-corrected chi connectivity index (χ4v) is 1.67. The van der Waals surface area contributed by atoms with E-state index < -0.39 is 6.04 Å². The van der Waals surface area contributed by atoms with E-state index >= 15 is 0 Å². The van der Waals surface area contributed by atoms with Gasteiger partial charge in [-0.25, -0.2) is 4.98 Å². The van der Waals surface area contributed by atoms with Gasteiger partial charge in [0.15, 0.2) is 0 Å². The molecule has 2 heterocycles. The number of fused-ring (bicyclic) bond motifs is 1. The van der Waals surface area contributed by atoms with Crippen LogP contribution in [0, 0.1) is 0 Å². The van der Waals surface area contributed by atoms with Crippen LogP contribution in [-0.2, 0) is 0 Å². The van der Waals surface area contributed by atoms with Crippen LogP contribution >= 0.6 is 0 Å². The van der Waals surface area contributed by atoms with Crippen molar-refractivity contribution in [3.8, 4) is 5.88 Å². The molecule has 0 bridgehead atoms. The molecule has 1 atom stereocenters. The molecule has 0 fully saturated rings. The number of hydrogen-bond acceptors (Lipinski definition) is 5. The van der Waals surface area contributed by atoms with E-state index in [0.29, 0.717) is 22.5 Å². The Labute approximate surface area is 103 Å². The molecule has 2 aromatic heterocycles. The van der Waals surface area contributed by atoms with Crippen molar-refractivity contribution in [1.29, 1.82) is 0 Å². The van der Waals surface area contributed by atoms with E-state index in [1.807, 2.05) is 0 Å². The molecule has 92 valence electrons. The average molecular weight is 245 g/mol. The summed E-state index contributed by atoms with van der Waals surface area (Å²) >= 11 is 0. The first kappa shape index (κ1) is 12.1. The first-order valence-electron chi connectivity index (χ1n) is 5.25. The number of methoxy groups -OCH3 is 1. The third-order valence-electron chi connectivity index (χ3n) is 2.52. The van der Waals surface area contributed by atoms with Gasteiger partial charge in [0.05, 0.1) is 30.8 Å². The van der Waals surface area contributed by atoms with E-state index in [2.05, 4.69) is 20.0 Å². The van der Waals surface area contributed by atoms with Gasteiger partial charge in [0.2, 0.25) is 5.88 Å². The van der Waals surface area contributed by atoms with Crippen LogP contribution in [0.2, 0.25) is 0 Å². The predicted octanol–water partition coefficient (Wildman–Crippen LogP) is 1.98. The van der Waals surface area contributed by atoms with Crippen molar-refractivity contribution in [1.82, 2.24) is 9.97 Å². The lowest BCUT2D eigenvalue weighted by atomic mass is 10.1. The summed E-state index contributed by atoms with van der Waals surface area (Å²) < 4.78 is 5.05. The summed E-state index contributed by atoms with van der Waals surface area (Å²) in [5.41, 5.74) is 10.3. The Kier molecular flexibility index (Phi) is 3.57. The number of hydrogen-bond donors (Lipinski definition) is 1. The van der Waals surface area contributed by atoms with Gasteiger partial charge in [-0.05, 0) is 23.2 Å². The predicted molar refractivity (Wildman–Crippen MR) is 65.1 cm³/mol. The van der Waals surface area contributed by atoms with Crippen molar-refractivity contribution >= 4 is 11.0 Å². The molecule has 0 aliphatic rings. The van der Waals surface area contributed by atoms with Crippen molar-refractivity contribution < 1.29 is 9.84 Å². The molecule has 0 unspecified atom stereocenters. The van der Waals surface area contributed by atoms with Crippen LogP contribution < -0.4 is 4.74 Å². The topological polar surface area (TPSA) is 104 Å². The summed E-state index contributed by atoms with van der Waals surface area (Å²) in [6, 6.07) is 4.44. The number of aliphatic hydroxyl groups excluding tert-OH is 1. The molecule has 0 spiro atoms. The second kappa shape index (κ2) is 5.31. The van der Waals surface area contributed by atoms with Gasteiger partial charge >= 0.3 is 0 Å². The zero-order valence-electron chi connectivity index (χ0n) is 9.69. The van der Waals surface area contributed by atoms with Gasteiger partial charge in [0.1, 0.15) is 0 Å². The van der Waals surface area contributed by atoms with Crippen LogP contribution in [0.25, 0.3) is 21.5 Å². The first-order valence-corrected chi connectivity index (χ1v) is 5.25. The van der Waals surface area contributed by atoms with Gasteiger partial charge in [0.25, 0.3) is 0 Å². The fraction of sp³-hybridized carbons (Fsp3) is 0.273. The van der Waals surface area contributed by atoms with Crippen molar-refractivity contribution in [2.75, 3.05) is 13.7 Å². The Balaban J connectivity index is 2.65. The van der Waals surface area contributed by atoms with Gasteiger partial charge < -0.3 is 9.84 Å². The molecule has 2 rings (SSSR count). The average Bonchev–Trinajstić information content (AvgIpc) is 2.43. The van der Waals surface area contributed by atoms with E-state index in [9.17, 15) is 5.11 Å². The monoisotopic (exact) mass is 245 g/mol. The number of nitrogens with zero attached hydrogens (tertiary/aromatic N) is 5. The number of aromatic nitrogens is 2. The highest BCUT2D eigenvalue weighted by atomic mass is 16.5. The second-order valence-corrected chi connectivity index (χ2v) is 3.52. The third kappa shape index (κ3) is 2.17. The lowest BCUT2D eigenvalue weighted by Gasteiger charge is -2.10. The fourth-order valence-electron chi connectivity index (χ4n) is 1.67. The van der Waals surface area contributed by atoms with Crippen molar-refractivity contribution in [2.24, 2.45) is 5.11 Å². The van der Waals surface area contributed by atoms with Gasteiger partial charge in [-0.3, -0.25) is 4.98 Å². The SMILES string of the molecule is COc1ccc2nccc([C@H](CO)N=[N+]=[N-])c2n1. The molecule has 0 aliphatic heterocycles. The summed E-state index contributed by atoms with van der Waals surface area (Å²) in [4.78, 5) is 11.1. The van der Waals surface area contributed by atoms with Gasteiger partial charge in [0, 0.05) is 17.2 Å². The first-order chi connectivity index (χ1) is 8.80. The number of aliphatic hydroxyl groups is 1. The maximum absolute atomic E-state index is 9.25. The van der Waals surface area contributed by atoms with Crippen molar-refractivity contribution in [2.45, 2.75) is 6.04 Å². The summed E-state index contributed by atoms with van der Waals surface area (Å²) in [7, 11) is 1.52. The third-order valence-corrected chi connectivity index (χ3v) is 2.52. The standard InChI is InChI=1S/C11H11N5O2/c1-18-10-3-2-8-11(14-10)7(4-5-13-8)9(6-17)15-16-12/h2-5,9,17H,6H2,1H3/t9-/m0/s1. The summed E-state index contributed by atoms with van der Waals surface area (Å²) in [5.74, 6) is 0.439. The molecule has 2 aromatic rings. The molecule has 0 saturated heterocycles. The van der Waals surface area contributed by atoms with Crippen LogP contribution in [-0.4, -0.2) is 28.8 Å². The van der Waals surface area contributed by atoms with E-state index in [1.54, 1.807) is 24.4 Å². The van der Waals surface area contributed by atoms with Crippen molar-refractivity contribution in [3.05, 3.63) is 40.4 Å². The van der Waals surface area contributed by atoms with Crippen LogP contribution in [0.3, 0.4) is 0 Å². The van der Waals surface area contributed by atoms with E-state index in [1.165, 1.54) is 7.11 Å². The van der Waals surface area contributed by atoms with Crippen LogP contribution in [0.5, 0.6) is 5.88 Å².